The van der Waals surface area contributed by atoms with Crippen molar-refractivity contribution in [3.63, 3.8) is 0 Å². The summed E-state index contributed by atoms with van der Waals surface area (Å²) in [6.45, 7) is 7.86. The number of hydrogen-bond donors (Lipinski definition) is 0. The van der Waals surface area contributed by atoms with Crippen LogP contribution in [0.2, 0.25) is 0 Å². The van der Waals surface area contributed by atoms with Gasteiger partial charge in [0.05, 0.1) is 0 Å². The lowest BCUT2D eigenvalue weighted by Crippen LogP contribution is -2.29. The zero-order chi connectivity index (χ0) is 31.4. The summed E-state index contributed by atoms with van der Waals surface area (Å²) in [4.78, 5) is 69.9. The summed E-state index contributed by atoms with van der Waals surface area (Å²) < 4.78 is 30.7. The topological polar surface area (TPSA) is 158 Å². The van der Waals surface area contributed by atoms with Gasteiger partial charge in [0.2, 0.25) is 0 Å². The molecule has 0 bridgehead atoms. The highest BCUT2D eigenvalue weighted by Gasteiger charge is 2.19. The van der Waals surface area contributed by atoms with Gasteiger partial charge in [0.25, 0.3) is 0 Å². The van der Waals surface area contributed by atoms with Gasteiger partial charge in [-0.2, -0.15) is 0 Å². The maximum absolute atomic E-state index is 12.3. The van der Waals surface area contributed by atoms with Crippen LogP contribution < -0.4 is 18.9 Å². The molecule has 2 rings (SSSR count). The van der Waals surface area contributed by atoms with Gasteiger partial charge in [0, 0.05) is 39.8 Å². The molecule has 42 heavy (non-hydrogen) atoms. The van der Waals surface area contributed by atoms with Crippen LogP contribution in [-0.2, 0) is 38.2 Å². The first-order valence-electron chi connectivity index (χ1n) is 12.5. The summed E-state index contributed by atoms with van der Waals surface area (Å²) in [5.41, 5.74) is 0.906. The number of esters is 6. The SMILES string of the molecule is CC(=O)Oc1ccc(C=CC(=O)OC(C)C(C)OC(=O)C=Cc2ccc(OC(C)=O)c(OC(C)=O)c2)cc1OC(C)=O. The number of rotatable bonds is 11. The second-order valence-corrected chi connectivity index (χ2v) is 8.74. The van der Waals surface area contributed by atoms with Crippen molar-refractivity contribution in [3.05, 3.63) is 59.7 Å². The molecule has 2 atom stereocenters. The molecular formula is C30H30O12. The van der Waals surface area contributed by atoms with Gasteiger partial charge in [-0.3, -0.25) is 19.2 Å². The lowest BCUT2D eigenvalue weighted by molar-refractivity contribution is -0.158. The second kappa shape index (κ2) is 15.5. The molecule has 0 amide bonds. The predicted octanol–water partition coefficient (Wildman–Crippen LogP) is 3.98. The van der Waals surface area contributed by atoms with Crippen LogP contribution in [0, 0.1) is 0 Å². The van der Waals surface area contributed by atoms with Crippen molar-refractivity contribution in [1.82, 2.24) is 0 Å². The average Bonchev–Trinajstić information content (AvgIpc) is 2.87. The van der Waals surface area contributed by atoms with Crippen LogP contribution in [0.15, 0.2) is 48.6 Å². The van der Waals surface area contributed by atoms with Crippen molar-refractivity contribution in [1.29, 1.82) is 0 Å². The summed E-state index contributed by atoms with van der Waals surface area (Å²) in [6, 6.07) is 8.70. The van der Waals surface area contributed by atoms with E-state index >= 15 is 0 Å². The molecule has 0 aromatic heterocycles. The van der Waals surface area contributed by atoms with Gasteiger partial charge < -0.3 is 28.4 Å². The molecule has 0 saturated carbocycles. The van der Waals surface area contributed by atoms with Crippen LogP contribution >= 0.6 is 0 Å². The maximum atomic E-state index is 12.3. The first kappa shape index (κ1) is 32.9. The molecule has 0 fully saturated rings. The third-order valence-corrected chi connectivity index (χ3v) is 5.04. The Bertz CT molecular complexity index is 1310. The molecule has 0 N–H and O–H groups in total. The van der Waals surface area contributed by atoms with Crippen molar-refractivity contribution in [2.45, 2.75) is 53.8 Å². The standard InChI is InChI=1S/C30H30O12/c1-17(37-29(35)13-9-23-7-11-25(39-19(3)31)27(15-23)41-21(5)33)18(2)38-30(36)14-10-24-8-12-26(40-20(4)32)28(16-24)42-22(6)34/h7-18H,1-6H3. The van der Waals surface area contributed by atoms with Crippen LogP contribution in [0.25, 0.3) is 12.2 Å². The minimum absolute atomic E-state index is 0.00175. The number of ether oxygens (including phenoxy) is 6. The lowest BCUT2D eigenvalue weighted by atomic mass is 10.2. The van der Waals surface area contributed by atoms with Crippen LogP contribution in [0.5, 0.6) is 23.0 Å². The molecule has 2 aromatic carbocycles. The Kier molecular flexibility index (Phi) is 12.2. The highest BCUT2D eigenvalue weighted by molar-refractivity contribution is 5.88. The van der Waals surface area contributed by atoms with Crippen LogP contribution in [-0.4, -0.2) is 48.0 Å². The second-order valence-electron chi connectivity index (χ2n) is 8.74. The van der Waals surface area contributed by atoms with Crippen molar-refractivity contribution in [2.24, 2.45) is 0 Å². The van der Waals surface area contributed by atoms with Gasteiger partial charge in [-0.15, -0.1) is 0 Å². The average molecular weight is 583 g/mol. The fraction of sp³-hybridized carbons (Fsp3) is 0.267. The molecule has 0 spiro atoms. The van der Waals surface area contributed by atoms with Crippen LogP contribution in [0.1, 0.15) is 52.7 Å². The normalized spacial score (nSPS) is 12.2. The van der Waals surface area contributed by atoms with Crippen LogP contribution in [0.3, 0.4) is 0 Å². The molecule has 0 saturated heterocycles. The van der Waals surface area contributed by atoms with Gasteiger partial charge in [-0.05, 0) is 61.4 Å². The Labute approximate surface area is 241 Å². The fourth-order valence-electron chi connectivity index (χ4n) is 3.17. The van der Waals surface area contributed by atoms with E-state index in [2.05, 4.69) is 0 Å². The summed E-state index contributed by atoms with van der Waals surface area (Å²) in [5.74, 6) is -3.83. The number of carbonyl (C=O) groups excluding carboxylic acids is 6. The van der Waals surface area contributed by atoms with Crippen molar-refractivity contribution >= 4 is 48.0 Å². The Morgan fingerprint density at radius 2 is 0.833 bits per heavy atom. The largest absolute Gasteiger partial charge is 0.456 e. The zero-order valence-corrected chi connectivity index (χ0v) is 23.8. The van der Waals surface area contributed by atoms with E-state index < -0.39 is 48.0 Å². The van der Waals surface area contributed by atoms with E-state index in [1.807, 2.05) is 0 Å². The molecule has 2 unspecified atom stereocenters. The minimum atomic E-state index is -0.818. The van der Waals surface area contributed by atoms with Gasteiger partial charge >= 0.3 is 35.8 Å². The number of benzene rings is 2. The Hall–Kier alpha value is -5.26. The van der Waals surface area contributed by atoms with E-state index in [0.29, 0.717) is 11.1 Å². The number of hydrogen-bond acceptors (Lipinski definition) is 12. The quantitative estimate of drug-likeness (QED) is 0.213. The van der Waals surface area contributed by atoms with E-state index in [-0.39, 0.29) is 23.0 Å². The van der Waals surface area contributed by atoms with Gasteiger partial charge in [0.15, 0.2) is 23.0 Å². The summed E-state index contributed by atoms with van der Waals surface area (Å²) in [7, 11) is 0. The summed E-state index contributed by atoms with van der Waals surface area (Å²) in [5, 5.41) is 0. The van der Waals surface area contributed by atoms with Gasteiger partial charge in [-0.1, -0.05) is 12.1 Å². The van der Waals surface area contributed by atoms with E-state index in [4.69, 9.17) is 28.4 Å². The first-order valence-corrected chi connectivity index (χ1v) is 12.5. The monoisotopic (exact) mass is 582 g/mol. The molecule has 0 heterocycles. The third kappa shape index (κ3) is 11.5. The first-order chi connectivity index (χ1) is 19.7. The van der Waals surface area contributed by atoms with Crippen LogP contribution in [0.4, 0.5) is 0 Å². The van der Waals surface area contributed by atoms with Gasteiger partial charge in [0.1, 0.15) is 12.2 Å². The Morgan fingerprint density at radius 1 is 0.524 bits per heavy atom. The Morgan fingerprint density at radius 3 is 1.14 bits per heavy atom. The smallest absolute Gasteiger partial charge is 0.331 e. The van der Waals surface area contributed by atoms with Crippen molar-refractivity contribution in [3.8, 4) is 23.0 Å². The summed E-state index contributed by atoms with van der Waals surface area (Å²) >= 11 is 0. The van der Waals surface area contributed by atoms with E-state index in [1.54, 1.807) is 13.8 Å². The summed E-state index contributed by atoms with van der Waals surface area (Å²) in [6.07, 6.45) is 3.42. The van der Waals surface area contributed by atoms with Gasteiger partial charge in [-0.25, -0.2) is 9.59 Å². The third-order valence-electron chi connectivity index (χ3n) is 5.04. The minimum Gasteiger partial charge on any atom is -0.456 e. The predicted molar refractivity (Wildman–Crippen MR) is 147 cm³/mol. The van der Waals surface area contributed by atoms with Crippen molar-refractivity contribution < 1.29 is 57.2 Å². The zero-order valence-electron chi connectivity index (χ0n) is 23.8. The lowest BCUT2D eigenvalue weighted by Gasteiger charge is -2.19. The molecule has 222 valence electrons. The number of carbonyl (C=O) groups is 6. The highest BCUT2D eigenvalue weighted by atomic mass is 16.6. The Balaban J connectivity index is 1.99. The molecule has 12 heteroatoms. The molecule has 0 aliphatic heterocycles. The van der Waals surface area contributed by atoms with Crippen molar-refractivity contribution in [2.75, 3.05) is 0 Å². The van der Waals surface area contributed by atoms with E-state index in [0.717, 1.165) is 12.2 Å². The molecule has 12 nitrogen and oxygen atoms in total. The molecule has 0 aliphatic carbocycles. The highest BCUT2D eigenvalue weighted by Crippen LogP contribution is 2.30. The molecule has 0 radical (unpaired) electrons. The molecular weight excluding hydrogens is 552 g/mol. The maximum Gasteiger partial charge on any atom is 0.331 e. The molecule has 0 aliphatic rings. The fourth-order valence-corrected chi connectivity index (χ4v) is 3.17. The van der Waals surface area contributed by atoms with E-state index in [1.165, 1.54) is 76.2 Å². The molecule has 2 aromatic rings. The van der Waals surface area contributed by atoms with E-state index in [9.17, 15) is 28.8 Å².